The number of aryl methyl sites for hydroxylation is 2. The molecule has 0 radical (unpaired) electrons. The number of hydrogen-bond acceptors (Lipinski definition) is 6. The Labute approximate surface area is 176 Å². The van der Waals surface area contributed by atoms with E-state index < -0.39 is 12.3 Å². The first-order chi connectivity index (χ1) is 14.7. The highest BCUT2D eigenvalue weighted by atomic mass is 17.0. The quantitative estimate of drug-likeness (QED) is 0.665. The van der Waals surface area contributed by atoms with Crippen molar-refractivity contribution in [2.75, 3.05) is 6.61 Å². The second-order valence-corrected chi connectivity index (χ2v) is 8.52. The predicted octanol–water partition coefficient (Wildman–Crippen LogP) is 3.10. The molecule has 4 aliphatic heterocycles. The minimum absolute atomic E-state index is 0.267. The van der Waals surface area contributed by atoms with Gasteiger partial charge in [-0.3, -0.25) is 4.74 Å². The number of hydrogen-bond donors (Lipinski definition) is 0. The van der Waals surface area contributed by atoms with E-state index in [4.69, 9.17) is 28.4 Å². The summed E-state index contributed by atoms with van der Waals surface area (Å²) in [6.45, 7) is 3.25. The van der Waals surface area contributed by atoms with Crippen molar-refractivity contribution in [3.05, 3.63) is 70.8 Å². The molecule has 4 heterocycles. The van der Waals surface area contributed by atoms with Crippen molar-refractivity contribution in [2.45, 2.75) is 69.7 Å². The third kappa shape index (κ3) is 3.28. The number of fused-ring (bicyclic) bond motifs is 3. The number of rotatable bonds is 0. The van der Waals surface area contributed by atoms with Crippen molar-refractivity contribution in [3.63, 3.8) is 0 Å². The molecular formula is C24H26O6. The molecule has 6 nitrogen and oxygen atoms in total. The van der Waals surface area contributed by atoms with Crippen LogP contribution in [-0.2, 0) is 54.5 Å². The second-order valence-electron chi connectivity index (χ2n) is 8.52. The molecule has 0 aromatic heterocycles. The smallest absolute Gasteiger partial charge is 0.283 e. The van der Waals surface area contributed by atoms with Gasteiger partial charge in [-0.1, -0.05) is 48.5 Å². The molecule has 6 heteroatoms. The van der Waals surface area contributed by atoms with Gasteiger partial charge >= 0.3 is 0 Å². The van der Waals surface area contributed by atoms with Crippen molar-refractivity contribution >= 4 is 0 Å². The predicted molar refractivity (Wildman–Crippen MR) is 106 cm³/mol. The van der Waals surface area contributed by atoms with Crippen molar-refractivity contribution in [1.82, 2.24) is 0 Å². The first-order valence-corrected chi connectivity index (χ1v) is 10.7. The summed E-state index contributed by atoms with van der Waals surface area (Å²) >= 11 is 0. The monoisotopic (exact) mass is 410 g/mol. The summed E-state index contributed by atoms with van der Waals surface area (Å²) in [5.74, 6) is -1.08. The van der Waals surface area contributed by atoms with E-state index in [1.165, 1.54) is 22.3 Å². The van der Waals surface area contributed by atoms with Crippen LogP contribution >= 0.6 is 0 Å². The Balaban J connectivity index is 1.34. The molecule has 5 bridgehead atoms. The topological polar surface area (TPSA) is 55.4 Å². The Kier molecular flexibility index (Phi) is 4.67. The Hall–Kier alpha value is -1.80. The third-order valence-electron chi connectivity index (χ3n) is 6.49. The third-order valence-corrected chi connectivity index (χ3v) is 6.49. The normalized spacial score (nSPS) is 37.8. The lowest BCUT2D eigenvalue weighted by molar-refractivity contribution is -0.387. The van der Waals surface area contributed by atoms with Crippen LogP contribution in [0.25, 0.3) is 0 Å². The van der Waals surface area contributed by atoms with E-state index in [9.17, 15) is 0 Å². The average Bonchev–Trinajstić information content (AvgIpc) is 2.94. The molecule has 2 aromatic carbocycles. The maximum atomic E-state index is 6.40. The molecule has 3 fully saturated rings. The molecule has 0 N–H and O–H groups in total. The highest BCUT2D eigenvalue weighted by molar-refractivity contribution is 5.31. The van der Waals surface area contributed by atoms with Gasteiger partial charge in [0.15, 0.2) is 6.29 Å². The van der Waals surface area contributed by atoms with E-state index in [2.05, 4.69) is 48.5 Å². The van der Waals surface area contributed by atoms with Crippen LogP contribution in [0, 0.1) is 0 Å². The molecule has 0 spiro atoms. The Morgan fingerprint density at radius 3 is 2.10 bits per heavy atom. The van der Waals surface area contributed by atoms with E-state index in [1.807, 2.05) is 0 Å². The fourth-order valence-electron chi connectivity index (χ4n) is 4.98. The fourth-order valence-corrected chi connectivity index (χ4v) is 4.98. The average molecular weight is 410 g/mol. The molecule has 3 saturated heterocycles. The molecular weight excluding hydrogens is 384 g/mol. The summed E-state index contributed by atoms with van der Waals surface area (Å²) in [7, 11) is 0. The van der Waals surface area contributed by atoms with E-state index >= 15 is 0 Å². The number of benzene rings is 2. The van der Waals surface area contributed by atoms with Crippen molar-refractivity contribution in [1.29, 1.82) is 0 Å². The van der Waals surface area contributed by atoms with Gasteiger partial charge in [0.25, 0.3) is 5.97 Å². The highest BCUT2D eigenvalue weighted by Gasteiger charge is 2.64. The van der Waals surface area contributed by atoms with Crippen LogP contribution in [-0.4, -0.2) is 43.3 Å². The molecule has 1 unspecified atom stereocenters. The molecule has 0 aliphatic carbocycles. The zero-order valence-electron chi connectivity index (χ0n) is 17.0. The maximum absolute atomic E-state index is 6.40. The standard InChI is InChI=1S/C24H26O6/c1-24-28-20-19-14-25-12-17-8-4-2-6-15(17)10-11-16-7-3-5-9-18(16)13-26-21(20)22(29-24)23(27-19)30-24/h2-9,19-23H,10-14H2,1H3/t19-,20-,21+,22-,23-,24?/m1/s1. The van der Waals surface area contributed by atoms with E-state index in [1.54, 1.807) is 6.92 Å². The van der Waals surface area contributed by atoms with E-state index in [-0.39, 0.29) is 24.4 Å². The lowest BCUT2D eigenvalue weighted by Gasteiger charge is -2.45. The molecule has 6 atom stereocenters. The van der Waals surface area contributed by atoms with Crippen LogP contribution in [0.4, 0.5) is 0 Å². The molecule has 0 amide bonds. The number of ether oxygens (including phenoxy) is 6. The molecule has 30 heavy (non-hydrogen) atoms. The van der Waals surface area contributed by atoms with Gasteiger partial charge < -0.3 is 23.7 Å². The summed E-state index contributed by atoms with van der Waals surface area (Å²) in [5, 5.41) is 0. The van der Waals surface area contributed by atoms with Crippen LogP contribution in [0.15, 0.2) is 48.5 Å². The van der Waals surface area contributed by atoms with Crippen molar-refractivity contribution in [3.8, 4) is 0 Å². The zero-order valence-corrected chi connectivity index (χ0v) is 17.0. The molecule has 6 rings (SSSR count). The minimum Gasteiger partial charge on any atom is -0.374 e. The highest BCUT2D eigenvalue weighted by Crippen LogP contribution is 2.46. The molecule has 158 valence electrons. The summed E-state index contributed by atoms with van der Waals surface area (Å²) in [4.78, 5) is 0. The summed E-state index contributed by atoms with van der Waals surface area (Å²) in [6.07, 6.45) is 0.261. The fraction of sp³-hybridized carbons (Fsp3) is 0.500. The maximum Gasteiger partial charge on any atom is 0.283 e. The molecule has 2 aromatic rings. The van der Waals surface area contributed by atoms with Gasteiger partial charge in [-0.05, 0) is 35.1 Å². The van der Waals surface area contributed by atoms with Crippen LogP contribution < -0.4 is 0 Å². The summed E-state index contributed by atoms with van der Waals surface area (Å²) in [6, 6.07) is 17.0. The van der Waals surface area contributed by atoms with Gasteiger partial charge in [-0.2, -0.15) is 0 Å². The van der Waals surface area contributed by atoms with Crippen LogP contribution in [0.3, 0.4) is 0 Å². The Morgan fingerprint density at radius 1 is 0.733 bits per heavy atom. The largest absolute Gasteiger partial charge is 0.374 e. The summed E-state index contributed by atoms with van der Waals surface area (Å²) < 4.78 is 36.7. The van der Waals surface area contributed by atoms with Gasteiger partial charge in [0.05, 0.1) is 19.8 Å². The van der Waals surface area contributed by atoms with Crippen LogP contribution in [0.5, 0.6) is 0 Å². The van der Waals surface area contributed by atoms with Crippen molar-refractivity contribution < 1.29 is 28.4 Å². The Bertz CT molecular complexity index is 931. The van der Waals surface area contributed by atoms with Gasteiger partial charge in [0.2, 0.25) is 0 Å². The second kappa shape index (κ2) is 7.41. The van der Waals surface area contributed by atoms with Crippen molar-refractivity contribution in [2.24, 2.45) is 0 Å². The summed E-state index contributed by atoms with van der Waals surface area (Å²) in [5.41, 5.74) is 5.03. The SMILES string of the molecule is CC12O[C@H]3O[C@@H]4COCc5ccccc5CCc5ccccc5CO[C@H]([C@H]3O1)[C@@H]4O2. The minimum atomic E-state index is -1.08. The molecule has 0 saturated carbocycles. The van der Waals surface area contributed by atoms with Crippen LogP contribution in [0.1, 0.15) is 29.2 Å². The first-order valence-electron chi connectivity index (χ1n) is 10.7. The van der Waals surface area contributed by atoms with E-state index in [0.29, 0.717) is 19.8 Å². The van der Waals surface area contributed by atoms with Gasteiger partial charge in [0, 0.05) is 6.92 Å². The van der Waals surface area contributed by atoms with Gasteiger partial charge in [-0.15, -0.1) is 0 Å². The first kappa shape index (κ1) is 18.9. The molecule has 4 aliphatic rings. The lowest BCUT2D eigenvalue weighted by atomic mass is 9.96. The van der Waals surface area contributed by atoms with Gasteiger partial charge in [0.1, 0.15) is 24.4 Å². The Morgan fingerprint density at radius 2 is 1.37 bits per heavy atom. The van der Waals surface area contributed by atoms with E-state index in [0.717, 1.165) is 12.8 Å². The zero-order chi connectivity index (χ0) is 20.1. The van der Waals surface area contributed by atoms with Crippen LogP contribution in [0.2, 0.25) is 0 Å². The lowest BCUT2D eigenvalue weighted by Crippen LogP contribution is -2.62. The van der Waals surface area contributed by atoms with Gasteiger partial charge in [-0.25, -0.2) is 0 Å².